The molecule has 0 saturated carbocycles. The number of benzene rings is 1. The molecule has 1 amide bonds. The van der Waals surface area contributed by atoms with E-state index in [1.807, 2.05) is 11.9 Å². The summed E-state index contributed by atoms with van der Waals surface area (Å²) in [6, 6.07) is 8.70. The summed E-state index contributed by atoms with van der Waals surface area (Å²) in [5.41, 5.74) is 2.53. The van der Waals surface area contributed by atoms with Gasteiger partial charge in [-0.25, -0.2) is 0 Å². The maximum absolute atomic E-state index is 12.7. The van der Waals surface area contributed by atoms with Crippen molar-refractivity contribution in [2.24, 2.45) is 4.99 Å². The van der Waals surface area contributed by atoms with Crippen molar-refractivity contribution in [1.82, 2.24) is 20.0 Å². The number of nitrogens with one attached hydrogen (secondary N) is 1. The van der Waals surface area contributed by atoms with Crippen LogP contribution in [0.4, 0.5) is 5.69 Å². The fraction of sp³-hybridized carbons (Fsp3) is 0.583. The number of piperazine rings is 1. The van der Waals surface area contributed by atoms with Gasteiger partial charge in [0, 0.05) is 71.6 Å². The molecular formula is C24H36N6O. The van der Waals surface area contributed by atoms with Gasteiger partial charge in [0.25, 0.3) is 0 Å². The molecule has 1 N–H and O–H groups in total. The molecule has 168 valence electrons. The molecule has 0 aromatic heterocycles. The first-order chi connectivity index (χ1) is 15.2. The van der Waals surface area contributed by atoms with Crippen LogP contribution in [0.3, 0.4) is 0 Å². The number of guanidine groups is 1. The van der Waals surface area contributed by atoms with Crippen molar-refractivity contribution < 1.29 is 4.79 Å². The van der Waals surface area contributed by atoms with Crippen molar-refractivity contribution in [3.05, 3.63) is 42.0 Å². The average Bonchev–Trinajstić information content (AvgIpc) is 3.54. The topological polar surface area (TPSA) is 54.4 Å². The van der Waals surface area contributed by atoms with Gasteiger partial charge in [0.15, 0.2) is 5.96 Å². The van der Waals surface area contributed by atoms with Crippen LogP contribution in [0, 0.1) is 0 Å². The van der Waals surface area contributed by atoms with E-state index in [-0.39, 0.29) is 6.04 Å². The number of likely N-dealkylation sites (tertiary alicyclic amines) is 1. The molecule has 0 spiro atoms. The summed E-state index contributed by atoms with van der Waals surface area (Å²) in [6.45, 7) is 10.2. The lowest BCUT2D eigenvalue weighted by atomic mass is 10.2. The zero-order valence-electron chi connectivity index (χ0n) is 19.0. The van der Waals surface area contributed by atoms with Crippen molar-refractivity contribution in [3.63, 3.8) is 0 Å². The maximum Gasteiger partial charge on any atom is 0.239 e. The summed E-state index contributed by atoms with van der Waals surface area (Å²) >= 11 is 0. The summed E-state index contributed by atoms with van der Waals surface area (Å²) < 4.78 is 0. The zero-order valence-corrected chi connectivity index (χ0v) is 19.0. The monoisotopic (exact) mass is 424 g/mol. The molecule has 0 aliphatic carbocycles. The third kappa shape index (κ3) is 5.21. The molecule has 3 aliphatic rings. The van der Waals surface area contributed by atoms with E-state index in [2.05, 4.69) is 68.4 Å². The SMILES string of the molecule is CN=C(NCc1cccc(N2CC=CC2)c1)N1CCN(C(C)C(=O)N2CCCC2)CC1. The standard InChI is InChI=1S/C24H36N6O/c1-20(23(31)29-12-5-6-13-29)27-14-16-30(17-15-27)24(25-2)26-19-21-8-7-9-22(18-21)28-10-3-4-11-28/h3-4,7-9,18,20H,5-6,10-17,19H2,1-2H3,(H,25,26). The van der Waals surface area contributed by atoms with Crippen molar-refractivity contribution in [2.45, 2.75) is 32.4 Å². The Labute approximate surface area is 186 Å². The molecule has 2 fully saturated rings. The molecular weight excluding hydrogens is 388 g/mol. The second kappa shape index (κ2) is 10.2. The van der Waals surface area contributed by atoms with E-state index in [0.717, 1.165) is 77.7 Å². The van der Waals surface area contributed by atoms with Crippen LogP contribution < -0.4 is 10.2 Å². The zero-order chi connectivity index (χ0) is 21.6. The summed E-state index contributed by atoms with van der Waals surface area (Å²) in [6.07, 6.45) is 6.72. The molecule has 4 rings (SSSR count). The number of hydrogen-bond donors (Lipinski definition) is 1. The van der Waals surface area contributed by atoms with Crippen LogP contribution in [-0.4, -0.2) is 92.0 Å². The number of carbonyl (C=O) groups excluding carboxylic acids is 1. The van der Waals surface area contributed by atoms with Gasteiger partial charge in [-0.3, -0.25) is 14.7 Å². The Hall–Kier alpha value is -2.54. The molecule has 7 heteroatoms. The van der Waals surface area contributed by atoms with E-state index < -0.39 is 0 Å². The molecule has 0 bridgehead atoms. The maximum atomic E-state index is 12.7. The second-order valence-corrected chi connectivity index (χ2v) is 8.68. The number of aliphatic imine (C=N–C) groups is 1. The molecule has 31 heavy (non-hydrogen) atoms. The van der Waals surface area contributed by atoms with Gasteiger partial charge < -0.3 is 20.0 Å². The fourth-order valence-corrected chi connectivity index (χ4v) is 4.74. The number of anilines is 1. The van der Waals surface area contributed by atoms with Crippen LogP contribution in [0.15, 0.2) is 41.4 Å². The fourth-order valence-electron chi connectivity index (χ4n) is 4.74. The lowest BCUT2D eigenvalue weighted by Gasteiger charge is -2.39. The minimum Gasteiger partial charge on any atom is -0.364 e. The minimum absolute atomic E-state index is 0.0296. The van der Waals surface area contributed by atoms with Crippen molar-refractivity contribution in [3.8, 4) is 0 Å². The highest BCUT2D eigenvalue weighted by molar-refractivity contribution is 5.82. The normalized spacial score (nSPS) is 21.1. The van der Waals surface area contributed by atoms with Crippen LogP contribution >= 0.6 is 0 Å². The molecule has 3 aliphatic heterocycles. The molecule has 3 heterocycles. The average molecular weight is 425 g/mol. The van der Waals surface area contributed by atoms with Crippen LogP contribution in [0.5, 0.6) is 0 Å². The first-order valence-corrected chi connectivity index (χ1v) is 11.6. The molecule has 1 aromatic rings. The highest BCUT2D eigenvalue weighted by Gasteiger charge is 2.30. The highest BCUT2D eigenvalue weighted by Crippen LogP contribution is 2.19. The Morgan fingerprint density at radius 3 is 2.42 bits per heavy atom. The summed E-state index contributed by atoms with van der Waals surface area (Å²) in [4.78, 5) is 26.3. The third-order valence-corrected chi connectivity index (χ3v) is 6.69. The molecule has 2 saturated heterocycles. The molecule has 0 radical (unpaired) electrons. The van der Waals surface area contributed by atoms with E-state index in [0.29, 0.717) is 5.91 Å². The predicted molar refractivity (Wildman–Crippen MR) is 126 cm³/mol. The van der Waals surface area contributed by atoms with E-state index in [1.165, 1.54) is 11.3 Å². The van der Waals surface area contributed by atoms with Crippen LogP contribution in [0.25, 0.3) is 0 Å². The molecule has 1 atom stereocenters. The Morgan fingerprint density at radius 1 is 1.03 bits per heavy atom. The van der Waals surface area contributed by atoms with Gasteiger partial charge in [-0.2, -0.15) is 0 Å². The van der Waals surface area contributed by atoms with Gasteiger partial charge in [0.2, 0.25) is 5.91 Å². The number of carbonyl (C=O) groups is 1. The molecule has 1 unspecified atom stereocenters. The van der Waals surface area contributed by atoms with Gasteiger partial charge in [0.1, 0.15) is 0 Å². The predicted octanol–water partition coefficient (Wildman–Crippen LogP) is 1.77. The van der Waals surface area contributed by atoms with E-state index in [4.69, 9.17) is 0 Å². The number of amides is 1. The van der Waals surface area contributed by atoms with Crippen LogP contribution in [-0.2, 0) is 11.3 Å². The smallest absolute Gasteiger partial charge is 0.239 e. The summed E-state index contributed by atoms with van der Waals surface area (Å²) in [7, 11) is 1.85. The highest BCUT2D eigenvalue weighted by atomic mass is 16.2. The Bertz CT molecular complexity index is 800. The number of rotatable bonds is 5. The lowest BCUT2D eigenvalue weighted by molar-refractivity contribution is -0.135. The number of nitrogens with zero attached hydrogens (tertiary/aromatic N) is 5. The Morgan fingerprint density at radius 2 is 1.74 bits per heavy atom. The Kier molecular flexibility index (Phi) is 7.12. The van der Waals surface area contributed by atoms with Gasteiger partial charge in [0.05, 0.1) is 6.04 Å². The third-order valence-electron chi connectivity index (χ3n) is 6.69. The van der Waals surface area contributed by atoms with Crippen LogP contribution in [0.1, 0.15) is 25.3 Å². The number of hydrogen-bond acceptors (Lipinski definition) is 4. The first kappa shape index (κ1) is 21.7. The largest absolute Gasteiger partial charge is 0.364 e. The van der Waals surface area contributed by atoms with Crippen LogP contribution in [0.2, 0.25) is 0 Å². The van der Waals surface area contributed by atoms with E-state index >= 15 is 0 Å². The van der Waals surface area contributed by atoms with Gasteiger partial charge in [-0.15, -0.1) is 0 Å². The quantitative estimate of drug-likeness (QED) is 0.444. The van der Waals surface area contributed by atoms with Crippen molar-refractivity contribution >= 4 is 17.6 Å². The lowest BCUT2D eigenvalue weighted by Crippen LogP contribution is -2.57. The Balaban J connectivity index is 1.27. The second-order valence-electron chi connectivity index (χ2n) is 8.68. The van der Waals surface area contributed by atoms with Gasteiger partial charge in [-0.1, -0.05) is 24.3 Å². The van der Waals surface area contributed by atoms with E-state index in [1.54, 1.807) is 0 Å². The summed E-state index contributed by atoms with van der Waals surface area (Å²) in [5, 5.41) is 3.53. The van der Waals surface area contributed by atoms with Gasteiger partial charge >= 0.3 is 0 Å². The molecule has 7 nitrogen and oxygen atoms in total. The minimum atomic E-state index is -0.0296. The summed E-state index contributed by atoms with van der Waals surface area (Å²) in [5.74, 6) is 1.23. The first-order valence-electron chi connectivity index (χ1n) is 11.6. The molecule has 1 aromatic carbocycles. The van der Waals surface area contributed by atoms with Crippen molar-refractivity contribution in [1.29, 1.82) is 0 Å². The van der Waals surface area contributed by atoms with E-state index in [9.17, 15) is 4.79 Å². The van der Waals surface area contributed by atoms with Crippen molar-refractivity contribution in [2.75, 3.05) is 64.3 Å². The van der Waals surface area contributed by atoms with Gasteiger partial charge in [-0.05, 0) is 37.5 Å².